The van der Waals surface area contributed by atoms with Crippen molar-refractivity contribution in [3.63, 3.8) is 0 Å². The Balaban J connectivity index is 2.70. The Morgan fingerprint density at radius 1 is 1.29 bits per heavy atom. The lowest BCUT2D eigenvalue weighted by Crippen LogP contribution is -2.40. The van der Waals surface area contributed by atoms with Crippen LogP contribution in [-0.4, -0.2) is 33.8 Å². The number of hydrogen-bond acceptors (Lipinski definition) is 6. The van der Waals surface area contributed by atoms with E-state index in [-0.39, 0.29) is 16.7 Å². The van der Waals surface area contributed by atoms with Crippen molar-refractivity contribution in [3.8, 4) is 17.7 Å². The van der Waals surface area contributed by atoms with Crippen LogP contribution < -0.4 is 4.18 Å². The number of halogens is 3. The molecular formula is C13H18F3NO4S2Si. The van der Waals surface area contributed by atoms with Crippen molar-refractivity contribution in [1.29, 1.82) is 0 Å². The molecule has 0 saturated heterocycles. The van der Waals surface area contributed by atoms with E-state index in [2.05, 4.69) is 54.9 Å². The molecular weight excluding hydrogens is 383 g/mol. The average molecular weight is 402 g/mol. The normalized spacial score (nSPS) is 13.3. The molecule has 11 heteroatoms. The molecule has 0 atom stereocenters. The molecule has 1 aromatic heterocycles. The van der Waals surface area contributed by atoms with Crippen LogP contribution in [0.1, 0.15) is 25.8 Å². The smallest absolute Gasteiger partial charge is 0.406 e. The minimum Gasteiger partial charge on any atom is -0.406 e. The number of rotatable bonds is 4. The second-order valence-corrected chi connectivity index (χ2v) is 13.5. The van der Waals surface area contributed by atoms with Crippen molar-refractivity contribution in [2.45, 2.75) is 44.4 Å². The average Bonchev–Trinajstić information content (AvgIpc) is 2.78. The third-order valence-electron chi connectivity index (χ3n) is 3.47. The Labute approximate surface area is 144 Å². The molecule has 24 heavy (non-hydrogen) atoms. The zero-order chi connectivity index (χ0) is 18.8. The van der Waals surface area contributed by atoms with E-state index in [1.54, 1.807) is 0 Å². The van der Waals surface area contributed by atoms with Gasteiger partial charge in [-0.1, -0.05) is 26.7 Å². The number of thiazole rings is 1. The van der Waals surface area contributed by atoms with Crippen LogP contribution in [0.2, 0.25) is 18.1 Å². The molecule has 136 valence electrons. The minimum absolute atomic E-state index is 0.0306. The fourth-order valence-electron chi connectivity index (χ4n) is 1.06. The van der Waals surface area contributed by atoms with Crippen LogP contribution in [-0.2, 0) is 14.5 Å². The summed E-state index contributed by atoms with van der Waals surface area (Å²) in [6.45, 7) is 10.5. The topological polar surface area (TPSA) is 65.5 Å². The van der Waals surface area contributed by atoms with Crippen LogP contribution >= 0.6 is 11.3 Å². The van der Waals surface area contributed by atoms with Gasteiger partial charge in [0, 0.05) is 0 Å². The molecule has 1 heterocycles. The van der Waals surface area contributed by atoms with Gasteiger partial charge in [-0.2, -0.15) is 26.6 Å². The van der Waals surface area contributed by atoms with E-state index in [1.165, 1.54) is 0 Å². The maximum atomic E-state index is 12.2. The largest absolute Gasteiger partial charge is 0.534 e. The van der Waals surface area contributed by atoms with Crippen molar-refractivity contribution in [1.82, 2.24) is 4.98 Å². The first-order chi connectivity index (χ1) is 10.7. The number of alkyl halides is 3. The molecule has 1 aromatic rings. The lowest BCUT2D eigenvalue weighted by Gasteiger charge is -2.35. The summed E-state index contributed by atoms with van der Waals surface area (Å²) in [4.78, 5) is 3.59. The molecule has 0 bridgehead atoms. The lowest BCUT2D eigenvalue weighted by atomic mass is 10.2. The maximum absolute atomic E-state index is 12.2. The molecule has 0 radical (unpaired) electrons. The van der Waals surface area contributed by atoms with E-state index in [0.29, 0.717) is 0 Å². The van der Waals surface area contributed by atoms with Crippen LogP contribution in [0.3, 0.4) is 0 Å². The van der Waals surface area contributed by atoms with Gasteiger partial charge in [-0.05, 0) is 24.1 Å². The molecule has 0 aromatic carbocycles. The predicted molar refractivity (Wildman–Crippen MR) is 87.7 cm³/mol. The summed E-state index contributed by atoms with van der Waals surface area (Å²) in [5.74, 6) is 4.67. The maximum Gasteiger partial charge on any atom is 0.534 e. The first-order valence-electron chi connectivity index (χ1n) is 6.75. The fourth-order valence-corrected chi connectivity index (χ4v) is 2.98. The summed E-state index contributed by atoms with van der Waals surface area (Å²) in [6.07, 6.45) is 0. The van der Waals surface area contributed by atoms with Crippen LogP contribution in [0.4, 0.5) is 13.2 Å². The Morgan fingerprint density at radius 3 is 2.38 bits per heavy atom. The Morgan fingerprint density at radius 2 is 1.88 bits per heavy atom. The van der Waals surface area contributed by atoms with E-state index in [4.69, 9.17) is 4.43 Å². The first-order valence-corrected chi connectivity index (χ1v) is 11.9. The van der Waals surface area contributed by atoms with E-state index >= 15 is 0 Å². The van der Waals surface area contributed by atoms with Crippen LogP contribution in [0.25, 0.3) is 0 Å². The van der Waals surface area contributed by atoms with E-state index in [0.717, 1.165) is 16.7 Å². The van der Waals surface area contributed by atoms with E-state index in [9.17, 15) is 21.6 Å². The molecule has 0 spiro atoms. The summed E-state index contributed by atoms with van der Waals surface area (Å²) < 4.78 is 68.1. The van der Waals surface area contributed by atoms with Gasteiger partial charge < -0.3 is 8.61 Å². The summed E-state index contributed by atoms with van der Waals surface area (Å²) >= 11 is 0.879. The zero-order valence-electron chi connectivity index (χ0n) is 13.8. The molecule has 0 aliphatic heterocycles. The third kappa shape index (κ3) is 5.47. The minimum atomic E-state index is -5.72. The number of nitrogens with zero attached hydrogens (tertiary/aromatic N) is 1. The molecule has 5 nitrogen and oxygen atoms in total. The highest BCUT2D eigenvalue weighted by atomic mass is 32.2. The van der Waals surface area contributed by atoms with Crippen LogP contribution in [0.15, 0.2) is 5.38 Å². The van der Waals surface area contributed by atoms with Gasteiger partial charge in [0.15, 0.2) is 13.3 Å². The molecule has 1 rings (SSSR count). The Hall–Kier alpha value is -1.09. The summed E-state index contributed by atoms with van der Waals surface area (Å²) in [5.41, 5.74) is -5.50. The van der Waals surface area contributed by atoms with Crippen molar-refractivity contribution in [2.75, 3.05) is 6.61 Å². The SMILES string of the molecule is CC(C)(C)[Si](C)(C)OCC#Cc1nc(OS(=O)(=O)C(F)(F)F)cs1. The van der Waals surface area contributed by atoms with Gasteiger partial charge in [-0.3, -0.25) is 0 Å². The monoisotopic (exact) mass is 401 g/mol. The molecule has 0 fully saturated rings. The lowest BCUT2D eigenvalue weighted by molar-refractivity contribution is -0.0501. The summed E-state index contributed by atoms with van der Waals surface area (Å²) in [6, 6.07) is 0. The predicted octanol–water partition coefficient (Wildman–Crippen LogP) is 3.74. The first kappa shape index (κ1) is 21.0. The number of hydrogen-bond donors (Lipinski definition) is 0. The molecule has 0 saturated carbocycles. The van der Waals surface area contributed by atoms with Gasteiger partial charge in [-0.25, -0.2) is 0 Å². The van der Waals surface area contributed by atoms with Gasteiger partial charge in [0.2, 0.25) is 5.88 Å². The highest BCUT2D eigenvalue weighted by Crippen LogP contribution is 2.36. The van der Waals surface area contributed by atoms with Crippen molar-refractivity contribution < 1.29 is 30.2 Å². The standard InChI is InChI=1S/C13H18F3NO4S2Si/c1-12(2,3)24(4,5)20-8-6-7-11-17-10(9-22-11)21-23(18,19)13(14,15)16/h9H,8H2,1-5H3. The summed E-state index contributed by atoms with van der Waals surface area (Å²) in [7, 11) is -7.66. The van der Waals surface area contributed by atoms with Gasteiger partial charge in [0.25, 0.3) is 0 Å². The zero-order valence-corrected chi connectivity index (χ0v) is 16.4. The summed E-state index contributed by atoms with van der Waals surface area (Å²) in [5, 5.41) is 1.21. The van der Waals surface area contributed by atoms with Gasteiger partial charge in [0.05, 0.1) is 12.0 Å². The fraction of sp³-hybridized carbons (Fsp3) is 0.615. The van der Waals surface area contributed by atoms with Gasteiger partial charge in [0.1, 0.15) is 0 Å². The second-order valence-electron chi connectivity index (χ2n) is 6.32. The molecule has 0 amide bonds. The highest BCUT2D eigenvalue weighted by Gasteiger charge is 2.49. The Kier molecular flexibility index (Phi) is 6.14. The Bertz CT molecular complexity index is 740. The quantitative estimate of drug-likeness (QED) is 0.333. The number of aromatic nitrogens is 1. The van der Waals surface area contributed by atoms with Crippen molar-refractivity contribution in [2.24, 2.45) is 0 Å². The van der Waals surface area contributed by atoms with Crippen molar-refractivity contribution >= 4 is 29.8 Å². The van der Waals surface area contributed by atoms with E-state index < -0.39 is 29.8 Å². The highest BCUT2D eigenvalue weighted by molar-refractivity contribution is 7.88. The van der Waals surface area contributed by atoms with Crippen LogP contribution in [0, 0.1) is 11.8 Å². The molecule has 0 unspecified atom stereocenters. The van der Waals surface area contributed by atoms with Crippen molar-refractivity contribution in [3.05, 3.63) is 10.4 Å². The third-order valence-corrected chi connectivity index (χ3v) is 9.64. The second kappa shape index (κ2) is 7.03. The molecule has 0 aliphatic carbocycles. The van der Waals surface area contributed by atoms with Gasteiger partial charge in [-0.15, -0.1) is 11.3 Å². The molecule has 0 N–H and O–H groups in total. The van der Waals surface area contributed by atoms with E-state index in [1.807, 2.05) is 0 Å². The van der Waals surface area contributed by atoms with Gasteiger partial charge >= 0.3 is 15.6 Å². The molecule has 0 aliphatic rings. The van der Waals surface area contributed by atoms with Crippen LogP contribution in [0.5, 0.6) is 5.88 Å².